The third-order valence-electron chi connectivity index (χ3n) is 3.78. The van der Waals surface area contributed by atoms with Crippen molar-refractivity contribution in [1.82, 2.24) is 5.32 Å². The molecule has 1 atom stereocenters. The van der Waals surface area contributed by atoms with Crippen molar-refractivity contribution in [3.8, 4) is 0 Å². The van der Waals surface area contributed by atoms with E-state index in [-0.39, 0.29) is 11.9 Å². The number of hydrogen-bond donors (Lipinski definition) is 1. The third kappa shape index (κ3) is 4.68. The fraction of sp³-hybridized carbons (Fsp3) is 0.368. The SMILES string of the molecule is CCCNC(Cc1ccc(F)cc1)c1ccc(CC)cc1. The second-order valence-corrected chi connectivity index (χ2v) is 5.43. The Hall–Kier alpha value is -1.67. The van der Waals surface area contributed by atoms with Gasteiger partial charge in [-0.15, -0.1) is 0 Å². The van der Waals surface area contributed by atoms with Gasteiger partial charge in [-0.05, 0) is 54.6 Å². The van der Waals surface area contributed by atoms with Gasteiger partial charge in [0, 0.05) is 6.04 Å². The molecule has 0 aromatic heterocycles. The van der Waals surface area contributed by atoms with Gasteiger partial charge in [0.25, 0.3) is 0 Å². The molecule has 0 bridgehead atoms. The van der Waals surface area contributed by atoms with Crippen molar-refractivity contribution in [3.05, 3.63) is 71.0 Å². The van der Waals surface area contributed by atoms with Gasteiger partial charge in [0.1, 0.15) is 5.82 Å². The van der Waals surface area contributed by atoms with E-state index in [1.807, 2.05) is 12.1 Å². The lowest BCUT2D eigenvalue weighted by atomic mass is 9.97. The average Bonchev–Trinajstić information content (AvgIpc) is 2.53. The Morgan fingerprint density at radius 1 is 0.905 bits per heavy atom. The molecule has 0 fully saturated rings. The van der Waals surface area contributed by atoms with E-state index in [0.717, 1.165) is 31.4 Å². The summed E-state index contributed by atoms with van der Waals surface area (Å²) < 4.78 is 13.0. The van der Waals surface area contributed by atoms with Crippen LogP contribution in [0, 0.1) is 5.82 Å². The Labute approximate surface area is 127 Å². The standard InChI is InChI=1S/C19H24FN/c1-3-13-21-19(14-16-7-11-18(20)12-8-16)17-9-5-15(4-2)6-10-17/h5-12,19,21H,3-4,13-14H2,1-2H3. The molecule has 112 valence electrons. The van der Waals surface area contributed by atoms with Gasteiger partial charge in [0.15, 0.2) is 0 Å². The molecule has 0 aliphatic heterocycles. The monoisotopic (exact) mass is 285 g/mol. The number of hydrogen-bond acceptors (Lipinski definition) is 1. The molecular weight excluding hydrogens is 261 g/mol. The maximum atomic E-state index is 13.0. The molecule has 0 heterocycles. The zero-order chi connectivity index (χ0) is 15.1. The molecule has 0 amide bonds. The minimum atomic E-state index is -0.177. The predicted octanol–water partition coefficient (Wildman–Crippen LogP) is 4.67. The van der Waals surface area contributed by atoms with Crippen molar-refractivity contribution in [1.29, 1.82) is 0 Å². The molecule has 2 aromatic carbocycles. The van der Waals surface area contributed by atoms with E-state index in [1.165, 1.54) is 23.3 Å². The number of benzene rings is 2. The molecule has 1 N–H and O–H groups in total. The number of aryl methyl sites for hydroxylation is 1. The van der Waals surface area contributed by atoms with Crippen LogP contribution in [0.3, 0.4) is 0 Å². The molecule has 2 aromatic rings. The average molecular weight is 285 g/mol. The maximum absolute atomic E-state index is 13.0. The third-order valence-corrected chi connectivity index (χ3v) is 3.78. The first-order valence-corrected chi connectivity index (χ1v) is 7.79. The Kier molecular flexibility index (Phi) is 5.94. The van der Waals surface area contributed by atoms with E-state index in [0.29, 0.717) is 0 Å². The van der Waals surface area contributed by atoms with Crippen LogP contribution < -0.4 is 5.32 Å². The molecule has 0 aliphatic carbocycles. The summed E-state index contributed by atoms with van der Waals surface area (Å²) in [5, 5.41) is 3.59. The fourth-order valence-corrected chi connectivity index (χ4v) is 2.47. The molecule has 0 saturated carbocycles. The number of halogens is 1. The zero-order valence-electron chi connectivity index (χ0n) is 12.9. The maximum Gasteiger partial charge on any atom is 0.123 e. The van der Waals surface area contributed by atoms with E-state index >= 15 is 0 Å². The molecule has 21 heavy (non-hydrogen) atoms. The van der Waals surface area contributed by atoms with Crippen molar-refractivity contribution in [2.24, 2.45) is 0 Å². The van der Waals surface area contributed by atoms with E-state index in [1.54, 1.807) is 0 Å². The first-order valence-electron chi connectivity index (χ1n) is 7.79. The van der Waals surface area contributed by atoms with E-state index in [2.05, 4.69) is 43.4 Å². The van der Waals surface area contributed by atoms with Gasteiger partial charge in [-0.3, -0.25) is 0 Å². The molecule has 0 aliphatic rings. The lowest BCUT2D eigenvalue weighted by molar-refractivity contribution is 0.528. The highest BCUT2D eigenvalue weighted by Crippen LogP contribution is 2.20. The largest absolute Gasteiger partial charge is 0.310 e. The van der Waals surface area contributed by atoms with Crippen molar-refractivity contribution < 1.29 is 4.39 Å². The lowest BCUT2D eigenvalue weighted by Gasteiger charge is -2.19. The van der Waals surface area contributed by atoms with Crippen LogP contribution in [0.2, 0.25) is 0 Å². The Morgan fingerprint density at radius 3 is 2.10 bits per heavy atom. The molecule has 2 heteroatoms. The summed E-state index contributed by atoms with van der Waals surface area (Å²) in [5.41, 5.74) is 3.81. The van der Waals surface area contributed by atoms with Gasteiger partial charge < -0.3 is 5.32 Å². The van der Waals surface area contributed by atoms with Crippen LogP contribution in [0.4, 0.5) is 4.39 Å². The topological polar surface area (TPSA) is 12.0 Å². The van der Waals surface area contributed by atoms with Crippen LogP contribution in [-0.4, -0.2) is 6.54 Å². The van der Waals surface area contributed by atoms with Gasteiger partial charge in [-0.2, -0.15) is 0 Å². The quantitative estimate of drug-likeness (QED) is 0.779. The number of nitrogens with one attached hydrogen (secondary N) is 1. The second-order valence-electron chi connectivity index (χ2n) is 5.43. The normalized spacial score (nSPS) is 12.3. The first-order chi connectivity index (χ1) is 10.2. The molecule has 0 radical (unpaired) electrons. The van der Waals surface area contributed by atoms with Crippen LogP contribution in [0.15, 0.2) is 48.5 Å². The van der Waals surface area contributed by atoms with Crippen LogP contribution >= 0.6 is 0 Å². The molecule has 2 rings (SSSR count). The van der Waals surface area contributed by atoms with Crippen LogP contribution in [-0.2, 0) is 12.8 Å². The zero-order valence-corrected chi connectivity index (χ0v) is 12.9. The van der Waals surface area contributed by atoms with E-state index < -0.39 is 0 Å². The molecule has 0 saturated heterocycles. The summed E-state index contributed by atoms with van der Waals surface area (Å²) in [6.07, 6.45) is 3.05. The summed E-state index contributed by atoms with van der Waals surface area (Å²) in [6.45, 7) is 5.32. The van der Waals surface area contributed by atoms with Crippen molar-refractivity contribution >= 4 is 0 Å². The molecule has 1 nitrogen and oxygen atoms in total. The highest BCUT2D eigenvalue weighted by atomic mass is 19.1. The summed E-state index contributed by atoms with van der Waals surface area (Å²) in [6, 6.07) is 15.9. The van der Waals surface area contributed by atoms with Crippen molar-refractivity contribution in [2.45, 2.75) is 39.2 Å². The Morgan fingerprint density at radius 2 is 1.52 bits per heavy atom. The van der Waals surface area contributed by atoms with Crippen molar-refractivity contribution in [3.63, 3.8) is 0 Å². The van der Waals surface area contributed by atoms with Crippen LogP contribution in [0.5, 0.6) is 0 Å². The summed E-state index contributed by atoms with van der Waals surface area (Å²) >= 11 is 0. The Bertz CT molecular complexity index is 530. The predicted molar refractivity (Wildman–Crippen MR) is 87.0 cm³/mol. The summed E-state index contributed by atoms with van der Waals surface area (Å²) in [7, 11) is 0. The molecule has 0 spiro atoms. The minimum Gasteiger partial charge on any atom is -0.310 e. The van der Waals surface area contributed by atoms with E-state index in [4.69, 9.17) is 0 Å². The van der Waals surface area contributed by atoms with Gasteiger partial charge in [-0.25, -0.2) is 4.39 Å². The van der Waals surface area contributed by atoms with Crippen LogP contribution in [0.25, 0.3) is 0 Å². The van der Waals surface area contributed by atoms with Gasteiger partial charge >= 0.3 is 0 Å². The van der Waals surface area contributed by atoms with Gasteiger partial charge in [0.2, 0.25) is 0 Å². The minimum absolute atomic E-state index is 0.177. The highest BCUT2D eigenvalue weighted by Gasteiger charge is 2.11. The summed E-state index contributed by atoms with van der Waals surface area (Å²) in [5.74, 6) is -0.177. The van der Waals surface area contributed by atoms with Crippen molar-refractivity contribution in [2.75, 3.05) is 6.54 Å². The lowest BCUT2D eigenvalue weighted by Crippen LogP contribution is -2.24. The van der Waals surface area contributed by atoms with Crippen LogP contribution in [0.1, 0.15) is 43.0 Å². The fourth-order valence-electron chi connectivity index (χ4n) is 2.47. The van der Waals surface area contributed by atoms with Gasteiger partial charge in [-0.1, -0.05) is 50.2 Å². The second kappa shape index (κ2) is 7.94. The summed E-state index contributed by atoms with van der Waals surface area (Å²) in [4.78, 5) is 0. The molecular formula is C19H24FN. The van der Waals surface area contributed by atoms with E-state index in [9.17, 15) is 4.39 Å². The number of rotatable bonds is 7. The van der Waals surface area contributed by atoms with Gasteiger partial charge in [0.05, 0.1) is 0 Å². The molecule has 1 unspecified atom stereocenters. The highest BCUT2D eigenvalue weighted by molar-refractivity contribution is 5.27. The Balaban J connectivity index is 2.14. The first kappa shape index (κ1) is 15.7. The smallest absolute Gasteiger partial charge is 0.123 e.